The number of halogens is 2. The summed E-state index contributed by atoms with van der Waals surface area (Å²) in [5.74, 6) is 0.334. The van der Waals surface area contributed by atoms with Crippen LogP contribution in [-0.4, -0.2) is 33.9 Å². The van der Waals surface area contributed by atoms with Crippen molar-refractivity contribution in [2.45, 2.75) is 13.2 Å². The molecule has 6 nitrogen and oxygen atoms in total. The predicted octanol–water partition coefficient (Wildman–Crippen LogP) is 3.67. The third-order valence-electron chi connectivity index (χ3n) is 3.43. The zero-order valence-corrected chi connectivity index (χ0v) is 14.5. The summed E-state index contributed by atoms with van der Waals surface area (Å²) in [6.45, 7) is -3.03. The van der Waals surface area contributed by atoms with Crippen molar-refractivity contribution in [1.82, 2.24) is 0 Å². The van der Waals surface area contributed by atoms with Gasteiger partial charge in [0, 0.05) is 0 Å². The molecule has 0 amide bonds. The molecule has 0 heterocycles. The maximum absolute atomic E-state index is 12.3. The number of rotatable bonds is 8. The molecule has 0 aliphatic rings. The Kier molecular flexibility index (Phi) is 6.60. The van der Waals surface area contributed by atoms with Gasteiger partial charge in [-0.15, -0.1) is 0 Å². The SMILES string of the molecule is COc1ccc(C(=O)OCc2ccc(OC(F)F)c(OC)c2)cc1OC. The van der Waals surface area contributed by atoms with Crippen molar-refractivity contribution in [2.75, 3.05) is 21.3 Å². The molecule has 0 unspecified atom stereocenters. The first-order chi connectivity index (χ1) is 12.5. The first kappa shape index (κ1) is 19.3. The molecule has 0 N–H and O–H groups in total. The van der Waals surface area contributed by atoms with Gasteiger partial charge in [-0.05, 0) is 35.9 Å². The van der Waals surface area contributed by atoms with Crippen LogP contribution in [0.1, 0.15) is 15.9 Å². The average molecular weight is 368 g/mol. The maximum atomic E-state index is 12.3. The number of alkyl halides is 2. The Labute approximate surface area is 149 Å². The minimum absolute atomic E-state index is 0.0709. The van der Waals surface area contributed by atoms with Gasteiger partial charge in [0.15, 0.2) is 23.0 Å². The number of ether oxygens (including phenoxy) is 5. The van der Waals surface area contributed by atoms with E-state index < -0.39 is 12.6 Å². The molecule has 0 aliphatic heterocycles. The zero-order valence-electron chi connectivity index (χ0n) is 14.5. The van der Waals surface area contributed by atoms with E-state index in [1.165, 1.54) is 45.6 Å². The van der Waals surface area contributed by atoms with E-state index >= 15 is 0 Å². The summed E-state index contributed by atoms with van der Waals surface area (Å²) in [6, 6.07) is 8.92. The van der Waals surface area contributed by atoms with E-state index in [4.69, 9.17) is 18.9 Å². The Morgan fingerprint density at radius 3 is 2.12 bits per heavy atom. The average Bonchev–Trinajstić information content (AvgIpc) is 2.65. The lowest BCUT2D eigenvalue weighted by Gasteiger charge is -2.12. The summed E-state index contributed by atoms with van der Waals surface area (Å²) in [6.07, 6.45) is 0. The van der Waals surface area contributed by atoms with Gasteiger partial charge in [-0.3, -0.25) is 0 Å². The summed E-state index contributed by atoms with van der Waals surface area (Å²) in [5, 5.41) is 0. The molecule has 0 fully saturated rings. The molecule has 8 heteroatoms. The molecule has 26 heavy (non-hydrogen) atoms. The third kappa shape index (κ3) is 4.75. The zero-order chi connectivity index (χ0) is 19.1. The summed E-state index contributed by atoms with van der Waals surface area (Å²) in [7, 11) is 4.28. The van der Waals surface area contributed by atoms with Gasteiger partial charge in [0.05, 0.1) is 26.9 Å². The van der Waals surface area contributed by atoms with Crippen LogP contribution in [0.15, 0.2) is 36.4 Å². The highest BCUT2D eigenvalue weighted by Crippen LogP contribution is 2.30. The number of esters is 1. The first-order valence-corrected chi connectivity index (χ1v) is 7.49. The van der Waals surface area contributed by atoms with Crippen LogP contribution < -0.4 is 18.9 Å². The molecule has 0 saturated heterocycles. The van der Waals surface area contributed by atoms with Crippen LogP contribution in [0, 0.1) is 0 Å². The molecule has 0 aliphatic carbocycles. The summed E-state index contributed by atoms with van der Waals surface area (Å²) in [4.78, 5) is 12.2. The molecule has 0 bridgehead atoms. The quantitative estimate of drug-likeness (QED) is 0.663. The Balaban J connectivity index is 2.07. The van der Waals surface area contributed by atoms with Gasteiger partial charge >= 0.3 is 12.6 Å². The van der Waals surface area contributed by atoms with Crippen LogP contribution in [0.5, 0.6) is 23.0 Å². The summed E-state index contributed by atoms with van der Waals surface area (Å²) >= 11 is 0. The van der Waals surface area contributed by atoms with Crippen molar-refractivity contribution in [3.8, 4) is 23.0 Å². The second-order valence-electron chi connectivity index (χ2n) is 5.01. The normalized spacial score (nSPS) is 10.4. The molecular formula is C18H18F2O6. The highest BCUT2D eigenvalue weighted by Gasteiger charge is 2.14. The minimum Gasteiger partial charge on any atom is -0.493 e. The van der Waals surface area contributed by atoms with E-state index in [0.29, 0.717) is 17.1 Å². The topological polar surface area (TPSA) is 63.2 Å². The molecule has 2 rings (SSSR count). The fourth-order valence-electron chi connectivity index (χ4n) is 2.19. The van der Waals surface area contributed by atoms with Crippen LogP contribution in [0.4, 0.5) is 8.78 Å². The second kappa shape index (κ2) is 8.89. The molecule has 0 atom stereocenters. The number of hydrogen-bond acceptors (Lipinski definition) is 6. The lowest BCUT2D eigenvalue weighted by Crippen LogP contribution is -2.07. The van der Waals surface area contributed by atoms with Gasteiger partial charge in [-0.1, -0.05) is 6.07 Å². The van der Waals surface area contributed by atoms with E-state index in [-0.39, 0.29) is 23.7 Å². The highest BCUT2D eigenvalue weighted by molar-refractivity contribution is 5.90. The lowest BCUT2D eigenvalue weighted by atomic mass is 10.2. The van der Waals surface area contributed by atoms with Gasteiger partial charge in [0.2, 0.25) is 0 Å². The smallest absolute Gasteiger partial charge is 0.387 e. The van der Waals surface area contributed by atoms with Gasteiger partial charge in [0.1, 0.15) is 6.61 Å². The molecule has 2 aromatic rings. The van der Waals surface area contributed by atoms with Crippen molar-refractivity contribution in [1.29, 1.82) is 0 Å². The lowest BCUT2D eigenvalue weighted by molar-refractivity contribution is -0.0512. The standard InChI is InChI=1S/C18H18F2O6/c1-22-13-7-5-12(9-16(13)24-3)17(21)25-10-11-4-6-14(26-18(19)20)15(8-11)23-2/h4-9,18H,10H2,1-3H3. The summed E-state index contributed by atoms with van der Waals surface area (Å²) < 4.78 is 49.5. The molecule has 2 aromatic carbocycles. The van der Waals surface area contributed by atoms with Gasteiger partial charge in [-0.25, -0.2) is 4.79 Å². The van der Waals surface area contributed by atoms with E-state index in [1.807, 2.05) is 0 Å². The maximum Gasteiger partial charge on any atom is 0.387 e. The molecule has 0 aromatic heterocycles. The van der Waals surface area contributed by atoms with E-state index in [9.17, 15) is 13.6 Å². The van der Waals surface area contributed by atoms with Crippen molar-refractivity contribution in [2.24, 2.45) is 0 Å². The van der Waals surface area contributed by atoms with Crippen LogP contribution in [0.3, 0.4) is 0 Å². The van der Waals surface area contributed by atoms with Crippen LogP contribution in [0.25, 0.3) is 0 Å². The van der Waals surface area contributed by atoms with Gasteiger partial charge in [-0.2, -0.15) is 8.78 Å². The largest absolute Gasteiger partial charge is 0.493 e. The fraction of sp³-hybridized carbons (Fsp3) is 0.278. The highest BCUT2D eigenvalue weighted by atomic mass is 19.3. The van der Waals surface area contributed by atoms with Crippen molar-refractivity contribution in [3.63, 3.8) is 0 Å². The monoisotopic (exact) mass is 368 g/mol. The Morgan fingerprint density at radius 2 is 1.50 bits per heavy atom. The molecule has 140 valence electrons. The number of carbonyl (C=O) groups is 1. The van der Waals surface area contributed by atoms with Crippen LogP contribution >= 0.6 is 0 Å². The first-order valence-electron chi connectivity index (χ1n) is 7.49. The van der Waals surface area contributed by atoms with E-state index in [1.54, 1.807) is 12.1 Å². The van der Waals surface area contributed by atoms with E-state index in [2.05, 4.69) is 4.74 Å². The van der Waals surface area contributed by atoms with Crippen molar-refractivity contribution in [3.05, 3.63) is 47.5 Å². The summed E-state index contributed by atoms with van der Waals surface area (Å²) in [5.41, 5.74) is 0.838. The Morgan fingerprint density at radius 1 is 0.885 bits per heavy atom. The molecule has 0 saturated carbocycles. The minimum atomic E-state index is -2.96. The predicted molar refractivity (Wildman–Crippen MR) is 88.3 cm³/mol. The number of methoxy groups -OCH3 is 3. The van der Waals surface area contributed by atoms with E-state index in [0.717, 1.165) is 0 Å². The fourth-order valence-corrected chi connectivity index (χ4v) is 2.19. The van der Waals surface area contributed by atoms with Crippen LogP contribution in [0.2, 0.25) is 0 Å². The van der Waals surface area contributed by atoms with Crippen molar-refractivity contribution < 1.29 is 37.3 Å². The van der Waals surface area contributed by atoms with Gasteiger partial charge in [0.25, 0.3) is 0 Å². The Hall–Kier alpha value is -3.03. The number of benzene rings is 2. The van der Waals surface area contributed by atoms with Crippen LogP contribution in [-0.2, 0) is 11.3 Å². The molecule has 0 radical (unpaired) electrons. The van der Waals surface area contributed by atoms with Crippen molar-refractivity contribution >= 4 is 5.97 Å². The van der Waals surface area contributed by atoms with Gasteiger partial charge < -0.3 is 23.7 Å². The second-order valence-corrected chi connectivity index (χ2v) is 5.01. The third-order valence-corrected chi connectivity index (χ3v) is 3.43. The molecular weight excluding hydrogens is 350 g/mol. The Bertz CT molecular complexity index is 763. The number of carbonyl (C=O) groups excluding carboxylic acids is 1. The number of hydrogen-bond donors (Lipinski definition) is 0. The molecule has 0 spiro atoms.